The second kappa shape index (κ2) is 24.3. The van der Waals surface area contributed by atoms with Crippen molar-refractivity contribution in [3.8, 4) is 0 Å². The summed E-state index contributed by atoms with van der Waals surface area (Å²) >= 11 is 0. The van der Waals surface area contributed by atoms with Crippen molar-refractivity contribution in [3.63, 3.8) is 0 Å². The minimum Gasteiger partial charge on any atom is -0.234 e. The largest absolute Gasteiger partial charge is 0.259 e. The molecule has 2 nitrogen and oxygen atoms in total. The molecule has 0 aliphatic rings. The Hall–Kier alpha value is -0.790. The Bertz CT molecular complexity index is 602. The number of nitrogens with zero attached hydrogens (tertiary/aromatic N) is 2. The molecule has 0 aliphatic carbocycles. The molecule has 1 aromatic rings. The van der Waals surface area contributed by atoms with Gasteiger partial charge in [-0.25, -0.2) is 9.13 Å². The van der Waals surface area contributed by atoms with Gasteiger partial charge in [0, 0.05) is 0 Å². The van der Waals surface area contributed by atoms with Gasteiger partial charge in [0.1, 0.15) is 12.4 Å². The van der Waals surface area contributed by atoms with E-state index in [-0.39, 0.29) is 0 Å². The van der Waals surface area contributed by atoms with Gasteiger partial charge in [-0.15, -0.1) is 0 Å². The predicted molar refractivity (Wildman–Crippen MR) is 166 cm³/mol. The monoisotopic (exact) mass is 518 g/mol. The second-order valence-electron chi connectivity index (χ2n) is 12.5. The van der Waals surface area contributed by atoms with Crippen molar-refractivity contribution in [1.29, 1.82) is 0 Å². The summed E-state index contributed by atoms with van der Waals surface area (Å²) in [7, 11) is 0. The van der Waals surface area contributed by atoms with E-state index in [0.717, 1.165) is 0 Å². The van der Waals surface area contributed by atoms with E-state index in [1.807, 2.05) is 0 Å². The Morgan fingerprint density at radius 3 is 1.32 bits per heavy atom. The zero-order valence-corrected chi connectivity index (χ0v) is 26.4. The molecule has 0 aromatic carbocycles. The normalized spacial score (nSPS) is 12.6. The smallest absolute Gasteiger partial charge is 0.234 e. The summed E-state index contributed by atoms with van der Waals surface area (Å²) in [5.41, 5.74) is 0. The molecule has 0 spiro atoms. The van der Waals surface area contributed by atoms with Crippen molar-refractivity contribution in [1.82, 2.24) is 4.57 Å². The van der Waals surface area contributed by atoms with Gasteiger partial charge in [-0.05, 0) is 32.6 Å². The number of aromatic nitrogens is 2. The number of imidazole rings is 1. The molecule has 1 aromatic heterocycles. The number of rotatable bonds is 27. The minimum atomic E-state index is 0.590. The van der Waals surface area contributed by atoms with E-state index in [4.69, 9.17) is 0 Å². The first kappa shape index (κ1) is 34.2. The topological polar surface area (TPSA) is 8.81 Å². The van der Waals surface area contributed by atoms with Crippen LogP contribution in [0.5, 0.6) is 0 Å². The quantitative estimate of drug-likeness (QED) is 0.0810. The van der Waals surface area contributed by atoms with Gasteiger partial charge < -0.3 is 0 Å². The lowest BCUT2D eigenvalue weighted by Gasteiger charge is -2.14. The Morgan fingerprint density at radius 2 is 0.919 bits per heavy atom. The van der Waals surface area contributed by atoms with Crippen molar-refractivity contribution in [3.05, 3.63) is 18.2 Å². The van der Waals surface area contributed by atoms with Gasteiger partial charge in [-0.3, -0.25) is 0 Å². The van der Waals surface area contributed by atoms with Gasteiger partial charge >= 0.3 is 0 Å². The summed E-state index contributed by atoms with van der Waals surface area (Å²) in [5.74, 6) is 2.13. The third-order valence-electron chi connectivity index (χ3n) is 8.44. The molecule has 2 heteroatoms. The Kier molecular flexibility index (Phi) is 22.5. The molecule has 0 aliphatic heterocycles. The zero-order chi connectivity index (χ0) is 27.0. The van der Waals surface area contributed by atoms with E-state index in [9.17, 15) is 0 Å². The molecule has 0 bridgehead atoms. The molecular weight excluding hydrogens is 448 g/mol. The highest BCUT2D eigenvalue weighted by Crippen LogP contribution is 2.22. The summed E-state index contributed by atoms with van der Waals surface area (Å²) in [6.07, 6.45) is 38.9. The lowest BCUT2D eigenvalue weighted by atomic mass is 10.0. The molecule has 0 radical (unpaired) electrons. The van der Waals surface area contributed by atoms with Crippen LogP contribution in [-0.2, 0) is 6.54 Å². The summed E-state index contributed by atoms with van der Waals surface area (Å²) in [6.45, 7) is 13.0. The first-order chi connectivity index (χ1) is 18.1. The SMILES string of the molecule is CCCCCCCCCCCCCCCCC[n+]1ccn(C(C)CCCCCCCCCC)c1C(C)C. The van der Waals surface area contributed by atoms with Crippen LogP contribution in [0.4, 0.5) is 0 Å². The molecule has 0 saturated carbocycles. The number of hydrogen-bond acceptors (Lipinski definition) is 0. The maximum atomic E-state index is 2.59. The van der Waals surface area contributed by atoms with Gasteiger partial charge in [0.15, 0.2) is 0 Å². The molecule has 1 rings (SSSR count). The Balaban J connectivity index is 2.13. The fraction of sp³-hybridized carbons (Fsp3) is 0.914. The maximum absolute atomic E-state index is 2.59. The van der Waals surface area contributed by atoms with Crippen molar-refractivity contribution in [2.75, 3.05) is 0 Å². The Morgan fingerprint density at radius 1 is 0.541 bits per heavy atom. The predicted octanol–water partition coefficient (Wildman–Crippen LogP) is 11.9. The highest BCUT2D eigenvalue weighted by molar-refractivity contribution is 4.92. The lowest BCUT2D eigenvalue weighted by Crippen LogP contribution is -2.38. The molecule has 1 heterocycles. The van der Waals surface area contributed by atoms with E-state index in [0.29, 0.717) is 12.0 Å². The molecule has 0 N–H and O–H groups in total. The van der Waals surface area contributed by atoms with Crippen LogP contribution in [0, 0.1) is 0 Å². The summed E-state index contributed by atoms with van der Waals surface area (Å²) in [6, 6.07) is 0.625. The van der Waals surface area contributed by atoms with Gasteiger partial charge in [-0.2, -0.15) is 0 Å². The lowest BCUT2D eigenvalue weighted by molar-refractivity contribution is -0.705. The van der Waals surface area contributed by atoms with E-state index in [1.54, 1.807) is 0 Å². The average Bonchev–Trinajstić information content (AvgIpc) is 3.32. The van der Waals surface area contributed by atoms with Crippen LogP contribution in [0.2, 0.25) is 0 Å². The van der Waals surface area contributed by atoms with Crippen LogP contribution < -0.4 is 4.57 Å². The van der Waals surface area contributed by atoms with Gasteiger partial charge in [0.25, 0.3) is 5.82 Å². The maximum Gasteiger partial charge on any atom is 0.259 e. The molecule has 0 saturated heterocycles. The molecule has 37 heavy (non-hydrogen) atoms. The first-order valence-corrected chi connectivity index (χ1v) is 17.2. The standard InChI is InChI=1S/C35H69N2/c1-6-8-10-12-14-16-17-18-19-20-21-22-24-26-28-30-36-31-32-37(35(36)33(3)4)34(5)29-27-25-23-15-13-11-9-7-2/h31-34H,6-30H2,1-5H3/q+1. The van der Waals surface area contributed by atoms with Crippen molar-refractivity contribution >= 4 is 0 Å². The third kappa shape index (κ3) is 17.4. The number of unbranched alkanes of at least 4 members (excludes halogenated alkanes) is 21. The van der Waals surface area contributed by atoms with E-state index >= 15 is 0 Å². The summed E-state index contributed by atoms with van der Waals surface area (Å²) < 4.78 is 5.16. The molecule has 0 amide bonds. The number of aryl methyl sites for hydroxylation is 1. The van der Waals surface area contributed by atoms with Crippen LogP contribution in [0.3, 0.4) is 0 Å². The molecule has 1 unspecified atom stereocenters. The summed E-state index contributed by atoms with van der Waals surface area (Å²) in [4.78, 5) is 0. The number of hydrogen-bond donors (Lipinski definition) is 0. The van der Waals surface area contributed by atoms with Crippen molar-refractivity contribution < 1.29 is 4.57 Å². The van der Waals surface area contributed by atoms with Crippen LogP contribution in [0.25, 0.3) is 0 Å². The third-order valence-corrected chi connectivity index (χ3v) is 8.44. The highest BCUT2D eigenvalue weighted by atomic mass is 15.2. The average molecular weight is 518 g/mol. The van der Waals surface area contributed by atoms with Crippen molar-refractivity contribution in [2.24, 2.45) is 0 Å². The van der Waals surface area contributed by atoms with Crippen LogP contribution >= 0.6 is 0 Å². The van der Waals surface area contributed by atoms with Crippen molar-refractivity contribution in [2.45, 2.75) is 207 Å². The van der Waals surface area contributed by atoms with Gasteiger partial charge in [0.05, 0.1) is 18.5 Å². The zero-order valence-electron chi connectivity index (χ0n) is 26.4. The van der Waals surface area contributed by atoms with E-state index in [1.165, 1.54) is 166 Å². The van der Waals surface area contributed by atoms with Crippen LogP contribution in [-0.4, -0.2) is 4.57 Å². The fourth-order valence-electron chi connectivity index (χ4n) is 6.01. The van der Waals surface area contributed by atoms with Gasteiger partial charge in [-0.1, -0.05) is 156 Å². The Labute approximate surface area is 234 Å². The van der Waals surface area contributed by atoms with Gasteiger partial charge in [0.2, 0.25) is 0 Å². The second-order valence-corrected chi connectivity index (χ2v) is 12.5. The molecule has 1 atom stereocenters. The summed E-state index contributed by atoms with van der Waals surface area (Å²) in [5, 5.41) is 0. The van der Waals surface area contributed by atoms with Crippen LogP contribution in [0.1, 0.15) is 207 Å². The first-order valence-electron chi connectivity index (χ1n) is 17.2. The minimum absolute atomic E-state index is 0.590. The fourth-order valence-corrected chi connectivity index (χ4v) is 6.01. The van der Waals surface area contributed by atoms with Crippen LogP contribution in [0.15, 0.2) is 12.4 Å². The van der Waals surface area contributed by atoms with E-state index < -0.39 is 0 Å². The van der Waals surface area contributed by atoms with E-state index in [2.05, 4.69) is 56.1 Å². The molecule has 218 valence electrons. The highest BCUT2D eigenvalue weighted by Gasteiger charge is 2.23. The molecular formula is C35H69N2+. The molecule has 0 fully saturated rings.